The van der Waals surface area contributed by atoms with Crippen LogP contribution in [0.1, 0.15) is 25.7 Å². The fraction of sp³-hybridized carbons (Fsp3) is 0.364. The minimum atomic E-state index is -0.486. The van der Waals surface area contributed by atoms with Gasteiger partial charge < -0.3 is 24.8 Å². The molecule has 1 saturated carbocycles. The highest BCUT2D eigenvalue weighted by molar-refractivity contribution is 5.90. The zero-order valence-electron chi connectivity index (χ0n) is 17.1. The first kappa shape index (κ1) is 21.3. The largest absolute Gasteiger partial charge is 0.497 e. The fourth-order valence-electron chi connectivity index (χ4n) is 3.44. The second-order valence-electron chi connectivity index (χ2n) is 7.08. The Bertz CT molecular complexity index is 837. The number of para-hydroxylation sites is 1. The van der Waals surface area contributed by atoms with Crippen molar-refractivity contribution in [2.75, 3.05) is 24.9 Å². The third kappa shape index (κ3) is 6.30. The summed E-state index contributed by atoms with van der Waals surface area (Å²) in [6, 6.07) is 13.9. The number of carbonyl (C=O) groups excluding carboxylic acids is 2. The highest BCUT2D eigenvalue weighted by Gasteiger charge is 2.26. The standard InChI is InChI=1S/C22H27N3O5/c1-28-19-12-17(13-20(14-19)29-2)24-21(26)23-16-9-6-10-18(11-16)30-22(27)25-15-7-4-3-5-8-15/h3-5,7-8,12-14,16,18H,6,9-11H2,1-2H3,(H,25,27)(H2,23,24,26)/t16-,18-/m1/s1. The molecule has 0 heterocycles. The molecule has 1 aliphatic rings. The van der Waals surface area contributed by atoms with E-state index in [4.69, 9.17) is 14.2 Å². The second kappa shape index (κ2) is 10.4. The molecule has 0 unspecified atom stereocenters. The molecule has 3 N–H and O–H groups in total. The van der Waals surface area contributed by atoms with E-state index in [9.17, 15) is 9.59 Å². The van der Waals surface area contributed by atoms with Gasteiger partial charge in [0.05, 0.1) is 14.2 Å². The summed E-state index contributed by atoms with van der Waals surface area (Å²) in [7, 11) is 3.10. The van der Waals surface area contributed by atoms with Gasteiger partial charge in [0.15, 0.2) is 0 Å². The van der Waals surface area contributed by atoms with Gasteiger partial charge in [-0.15, -0.1) is 0 Å². The topological polar surface area (TPSA) is 97.9 Å². The van der Waals surface area contributed by atoms with Crippen LogP contribution in [0.15, 0.2) is 48.5 Å². The lowest BCUT2D eigenvalue weighted by molar-refractivity contribution is 0.0779. The van der Waals surface area contributed by atoms with Crippen molar-refractivity contribution in [3.05, 3.63) is 48.5 Å². The summed E-state index contributed by atoms with van der Waals surface area (Å²) in [5.41, 5.74) is 1.25. The minimum absolute atomic E-state index is 0.0826. The number of carbonyl (C=O) groups is 2. The van der Waals surface area contributed by atoms with E-state index in [0.29, 0.717) is 29.3 Å². The molecule has 160 valence electrons. The van der Waals surface area contributed by atoms with Gasteiger partial charge in [-0.2, -0.15) is 0 Å². The van der Waals surface area contributed by atoms with E-state index in [0.717, 1.165) is 19.3 Å². The number of rotatable bonds is 6. The maximum Gasteiger partial charge on any atom is 0.411 e. The maximum absolute atomic E-state index is 12.4. The molecule has 0 aromatic heterocycles. The van der Waals surface area contributed by atoms with Crippen LogP contribution in [-0.2, 0) is 4.74 Å². The average Bonchev–Trinajstić information content (AvgIpc) is 2.74. The van der Waals surface area contributed by atoms with Crippen LogP contribution in [0.5, 0.6) is 11.5 Å². The van der Waals surface area contributed by atoms with Gasteiger partial charge in [0.25, 0.3) is 0 Å². The number of urea groups is 1. The van der Waals surface area contributed by atoms with E-state index < -0.39 is 6.09 Å². The molecule has 2 aromatic carbocycles. The molecule has 3 rings (SSSR count). The van der Waals surface area contributed by atoms with Crippen LogP contribution in [0.4, 0.5) is 21.0 Å². The summed E-state index contributed by atoms with van der Waals surface area (Å²) >= 11 is 0. The molecule has 0 radical (unpaired) electrons. The highest BCUT2D eigenvalue weighted by Crippen LogP contribution is 2.26. The molecule has 8 nitrogen and oxygen atoms in total. The second-order valence-corrected chi connectivity index (χ2v) is 7.08. The number of methoxy groups -OCH3 is 2. The molecule has 3 amide bonds. The number of nitrogens with one attached hydrogen (secondary N) is 3. The Labute approximate surface area is 175 Å². The fourth-order valence-corrected chi connectivity index (χ4v) is 3.44. The third-order valence-electron chi connectivity index (χ3n) is 4.86. The first-order valence-electron chi connectivity index (χ1n) is 9.89. The van der Waals surface area contributed by atoms with E-state index in [1.807, 2.05) is 18.2 Å². The van der Waals surface area contributed by atoms with Gasteiger partial charge in [0.2, 0.25) is 0 Å². The monoisotopic (exact) mass is 413 g/mol. The summed E-state index contributed by atoms with van der Waals surface area (Å²) in [5, 5.41) is 8.46. The van der Waals surface area contributed by atoms with Gasteiger partial charge in [-0.25, -0.2) is 9.59 Å². The Hall–Kier alpha value is -3.42. The Morgan fingerprint density at radius 3 is 2.27 bits per heavy atom. The zero-order chi connectivity index (χ0) is 21.3. The Balaban J connectivity index is 1.49. The Kier molecular flexibility index (Phi) is 7.37. The molecule has 2 atom stereocenters. The SMILES string of the molecule is COc1cc(NC(=O)N[C@@H]2CCC[C@@H](OC(=O)Nc3ccccc3)C2)cc(OC)c1. The Morgan fingerprint density at radius 1 is 0.900 bits per heavy atom. The van der Waals surface area contributed by atoms with Gasteiger partial charge in [-0.05, 0) is 31.4 Å². The molecule has 1 aliphatic carbocycles. The molecular formula is C22H27N3O5. The number of hydrogen-bond acceptors (Lipinski definition) is 5. The van der Waals surface area contributed by atoms with Gasteiger partial charge in [-0.3, -0.25) is 5.32 Å². The van der Waals surface area contributed by atoms with Crippen molar-refractivity contribution < 1.29 is 23.8 Å². The molecule has 2 aromatic rings. The van der Waals surface area contributed by atoms with E-state index in [1.165, 1.54) is 0 Å². The normalized spacial score (nSPS) is 18.1. The summed E-state index contributed by atoms with van der Waals surface area (Å²) < 4.78 is 16.0. The molecule has 1 fully saturated rings. The van der Waals surface area contributed by atoms with E-state index in [1.54, 1.807) is 44.6 Å². The predicted molar refractivity (Wildman–Crippen MR) is 114 cm³/mol. The quantitative estimate of drug-likeness (QED) is 0.653. The number of anilines is 2. The number of amides is 3. The van der Waals surface area contributed by atoms with Crippen LogP contribution in [0.3, 0.4) is 0 Å². The Morgan fingerprint density at radius 2 is 1.60 bits per heavy atom. The van der Waals surface area contributed by atoms with Crippen molar-refractivity contribution in [2.45, 2.75) is 37.8 Å². The van der Waals surface area contributed by atoms with Crippen molar-refractivity contribution in [3.63, 3.8) is 0 Å². The van der Waals surface area contributed by atoms with Crippen molar-refractivity contribution in [2.24, 2.45) is 0 Å². The minimum Gasteiger partial charge on any atom is -0.497 e. The molecule has 0 spiro atoms. The lowest BCUT2D eigenvalue weighted by Gasteiger charge is -2.29. The third-order valence-corrected chi connectivity index (χ3v) is 4.86. The molecule has 8 heteroatoms. The number of hydrogen-bond donors (Lipinski definition) is 3. The highest BCUT2D eigenvalue weighted by atomic mass is 16.6. The van der Waals surface area contributed by atoms with Crippen LogP contribution in [0.2, 0.25) is 0 Å². The maximum atomic E-state index is 12.4. The van der Waals surface area contributed by atoms with Crippen LogP contribution in [-0.4, -0.2) is 38.5 Å². The molecule has 0 saturated heterocycles. The summed E-state index contributed by atoms with van der Waals surface area (Å²) in [6.45, 7) is 0. The number of benzene rings is 2. The van der Waals surface area contributed by atoms with Crippen LogP contribution in [0, 0.1) is 0 Å². The first-order chi connectivity index (χ1) is 14.6. The zero-order valence-corrected chi connectivity index (χ0v) is 17.1. The molecule has 0 bridgehead atoms. The van der Waals surface area contributed by atoms with E-state index in [-0.39, 0.29) is 18.2 Å². The van der Waals surface area contributed by atoms with Gasteiger partial charge >= 0.3 is 12.1 Å². The van der Waals surface area contributed by atoms with E-state index in [2.05, 4.69) is 16.0 Å². The first-order valence-corrected chi connectivity index (χ1v) is 9.89. The van der Waals surface area contributed by atoms with Crippen LogP contribution < -0.4 is 25.4 Å². The lowest BCUT2D eigenvalue weighted by Crippen LogP contribution is -2.43. The summed E-state index contributed by atoms with van der Waals surface area (Å²) in [4.78, 5) is 24.5. The summed E-state index contributed by atoms with van der Waals surface area (Å²) in [5.74, 6) is 1.17. The van der Waals surface area contributed by atoms with Crippen molar-refractivity contribution in [1.29, 1.82) is 0 Å². The van der Waals surface area contributed by atoms with Crippen LogP contribution >= 0.6 is 0 Å². The summed E-state index contributed by atoms with van der Waals surface area (Å²) in [6.07, 6.45) is 2.30. The van der Waals surface area contributed by atoms with Crippen LogP contribution in [0.25, 0.3) is 0 Å². The van der Waals surface area contributed by atoms with Crippen molar-refractivity contribution in [1.82, 2.24) is 5.32 Å². The molecular weight excluding hydrogens is 386 g/mol. The smallest absolute Gasteiger partial charge is 0.411 e. The van der Waals surface area contributed by atoms with Gasteiger partial charge in [0.1, 0.15) is 17.6 Å². The van der Waals surface area contributed by atoms with E-state index >= 15 is 0 Å². The number of ether oxygens (including phenoxy) is 3. The molecule has 0 aliphatic heterocycles. The average molecular weight is 413 g/mol. The van der Waals surface area contributed by atoms with Crippen molar-refractivity contribution >= 4 is 23.5 Å². The predicted octanol–water partition coefficient (Wildman–Crippen LogP) is 4.39. The molecule has 30 heavy (non-hydrogen) atoms. The van der Waals surface area contributed by atoms with Crippen molar-refractivity contribution in [3.8, 4) is 11.5 Å². The lowest BCUT2D eigenvalue weighted by atomic mass is 9.93. The van der Waals surface area contributed by atoms with Gasteiger partial charge in [0, 0.05) is 42.0 Å². The van der Waals surface area contributed by atoms with Gasteiger partial charge in [-0.1, -0.05) is 18.2 Å².